The molecule has 0 atom stereocenters. The molecule has 0 N–H and O–H groups in total. The van der Waals surface area contributed by atoms with Crippen LogP contribution in [0.2, 0.25) is 0 Å². The zero-order valence-electron chi connectivity index (χ0n) is 11.9. The molecule has 0 aromatic heterocycles. The Morgan fingerprint density at radius 3 is 1.45 bits per heavy atom. The van der Waals surface area contributed by atoms with Crippen LogP contribution in [0, 0.1) is 11.6 Å². The van der Waals surface area contributed by atoms with Crippen LogP contribution in [-0.4, -0.2) is 11.6 Å². The number of Topliss-reactive ketones (excluding diaryl/α,β-unsaturated/α-hetero) is 2. The third-order valence-corrected chi connectivity index (χ3v) is 3.99. The molecule has 0 amide bonds. The highest BCUT2D eigenvalue weighted by atomic mass is 19.1. The second kappa shape index (κ2) is 5.79. The largest absolute Gasteiger partial charge is 0.294 e. The average molecular weight is 300 g/mol. The van der Waals surface area contributed by atoms with Gasteiger partial charge in [-0.05, 0) is 48.2 Å². The molecule has 22 heavy (non-hydrogen) atoms. The van der Waals surface area contributed by atoms with Gasteiger partial charge in [-0.15, -0.1) is 0 Å². The van der Waals surface area contributed by atoms with Crippen molar-refractivity contribution >= 4 is 11.6 Å². The smallest absolute Gasteiger partial charge is 0.163 e. The van der Waals surface area contributed by atoms with E-state index in [1.165, 1.54) is 24.3 Å². The maximum absolute atomic E-state index is 12.6. The molecule has 2 aromatic carbocycles. The van der Waals surface area contributed by atoms with Gasteiger partial charge in [0.15, 0.2) is 11.6 Å². The van der Waals surface area contributed by atoms with Crippen molar-refractivity contribution in [3.05, 3.63) is 70.3 Å². The van der Waals surface area contributed by atoms with Crippen molar-refractivity contribution in [2.45, 2.75) is 25.7 Å². The molecule has 0 saturated carbocycles. The van der Waals surface area contributed by atoms with Gasteiger partial charge in [0.1, 0.15) is 11.6 Å². The van der Waals surface area contributed by atoms with Gasteiger partial charge in [-0.3, -0.25) is 9.59 Å². The quantitative estimate of drug-likeness (QED) is 0.739. The van der Waals surface area contributed by atoms with E-state index in [1.54, 1.807) is 12.1 Å². The van der Waals surface area contributed by atoms with Gasteiger partial charge in [0, 0.05) is 24.0 Å². The van der Waals surface area contributed by atoms with E-state index < -0.39 is 0 Å². The van der Waals surface area contributed by atoms with Crippen LogP contribution < -0.4 is 0 Å². The zero-order valence-corrected chi connectivity index (χ0v) is 11.9. The Kier molecular flexibility index (Phi) is 3.84. The van der Waals surface area contributed by atoms with E-state index in [0.29, 0.717) is 24.0 Å². The highest BCUT2D eigenvalue weighted by Gasteiger charge is 2.19. The molecule has 2 aliphatic rings. The van der Waals surface area contributed by atoms with Crippen LogP contribution in [0.15, 0.2) is 36.4 Å². The first-order chi connectivity index (χ1) is 10.5. The number of rotatable bonds is 0. The first kappa shape index (κ1) is 14.6. The summed E-state index contributed by atoms with van der Waals surface area (Å²) in [6.07, 6.45) is 2.63. The highest BCUT2D eigenvalue weighted by molar-refractivity contribution is 6.00. The molecule has 2 nitrogen and oxygen atoms in total. The van der Waals surface area contributed by atoms with Crippen LogP contribution in [-0.2, 0) is 12.8 Å². The Morgan fingerprint density at radius 1 is 0.636 bits per heavy atom. The van der Waals surface area contributed by atoms with Crippen LogP contribution >= 0.6 is 0 Å². The molecule has 0 bridgehead atoms. The molecule has 4 rings (SSSR count). The Bertz CT molecular complexity index is 700. The molecule has 0 radical (unpaired) electrons. The molecule has 2 aromatic rings. The van der Waals surface area contributed by atoms with Crippen LogP contribution in [0.4, 0.5) is 8.78 Å². The Balaban J connectivity index is 0.000000131. The van der Waals surface area contributed by atoms with Gasteiger partial charge in [-0.2, -0.15) is 0 Å². The van der Waals surface area contributed by atoms with Crippen molar-refractivity contribution in [2.75, 3.05) is 0 Å². The van der Waals surface area contributed by atoms with Gasteiger partial charge >= 0.3 is 0 Å². The van der Waals surface area contributed by atoms with Gasteiger partial charge in [-0.25, -0.2) is 8.78 Å². The van der Waals surface area contributed by atoms with Crippen LogP contribution in [0.25, 0.3) is 0 Å². The third-order valence-electron chi connectivity index (χ3n) is 3.99. The Labute approximate surface area is 126 Å². The fraction of sp³-hybridized carbons (Fsp3) is 0.222. The fourth-order valence-corrected chi connectivity index (χ4v) is 2.82. The maximum Gasteiger partial charge on any atom is 0.163 e. The molecule has 0 heterocycles. The standard InChI is InChI=1S/2C9H7FO/c2*10-7-3-1-6-2-4-9(11)8(6)5-7/h2*1,3,5H,2,4H2. The van der Waals surface area contributed by atoms with Gasteiger partial charge in [-0.1, -0.05) is 12.1 Å². The van der Waals surface area contributed by atoms with Gasteiger partial charge in [0.2, 0.25) is 0 Å². The summed E-state index contributed by atoms with van der Waals surface area (Å²) in [6, 6.07) is 8.83. The van der Waals surface area contributed by atoms with E-state index in [1.807, 2.05) is 0 Å². The van der Waals surface area contributed by atoms with Crippen molar-refractivity contribution in [3.8, 4) is 0 Å². The first-order valence-electron chi connectivity index (χ1n) is 7.18. The van der Waals surface area contributed by atoms with Crippen molar-refractivity contribution in [1.29, 1.82) is 0 Å². The lowest BCUT2D eigenvalue weighted by Gasteiger charge is -1.94. The van der Waals surface area contributed by atoms with Crippen molar-refractivity contribution < 1.29 is 18.4 Å². The molecule has 112 valence electrons. The van der Waals surface area contributed by atoms with Gasteiger partial charge in [0.05, 0.1) is 0 Å². The van der Waals surface area contributed by atoms with Crippen molar-refractivity contribution in [2.24, 2.45) is 0 Å². The summed E-state index contributed by atoms with van der Waals surface area (Å²) < 4.78 is 25.2. The summed E-state index contributed by atoms with van der Waals surface area (Å²) in [7, 11) is 0. The van der Waals surface area contributed by atoms with Crippen LogP contribution in [0.3, 0.4) is 0 Å². The number of benzene rings is 2. The van der Waals surface area contributed by atoms with Gasteiger partial charge < -0.3 is 0 Å². The number of hydrogen-bond donors (Lipinski definition) is 0. The number of carbonyl (C=O) groups excluding carboxylic acids is 2. The summed E-state index contributed by atoms with van der Waals surface area (Å²) >= 11 is 0. The number of halogens is 2. The summed E-state index contributed by atoms with van der Waals surface area (Å²) in [4.78, 5) is 22.1. The average Bonchev–Trinajstić information content (AvgIpc) is 3.04. The number of fused-ring (bicyclic) bond motifs is 2. The molecular weight excluding hydrogens is 286 g/mol. The lowest BCUT2D eigenvalue weighted by molar-refractivity contribution is 0.0986. The number of hydrogen-bond acceptors (Lipinski definition) is 2. The molecular formula is C18H14F2O2. The third kappa shape index (κ3) is 2.82. The fourth-order valence-electron chi connectivity index (χ4n) is 2.82. The Hall–Kier alpha value is -2.36. The minimum Gasteiger partial charge on any atom is -0.294 e. The molecule has 0 spiro atoms. The molecule has 0 aliphatic heterocycles. The molecule has 0 saturated heterocycles. The van der Waals surface area contributed by atoms with E-state index in [9.17, 15) is 18.4 Å². The number of aryl methyl sites for hydroxylation is 2. The van der Waals surface area contributed by atoms with Crippen LogP contribution in [0.5, 0.6) is 0 Å². The van der Waals surface area contributed by atoms with Crippen LogP contribution in [0.1, 0.15) is 44.7 Å². The summed E-state index contributed by atoms with van der Waals surface area (Å²) in [6.45, 7) is 0. The lowest BCUT2D eigenvalue weighted by atomic mass is 10.1. The van der Waals surface area contributed by atoms with Crippen molar-refractivity contribution in [1.82, 2.24) is 0 Å². The zero-order chi connectivity index (χ0) is 15.7. The topological polar surface area (TPSA) is 34.1 Å². The van der Waals surface area contributed by atoms with E-state index in [0.717, 1.165) is 24.0 Å². The molecule has 0 unspecified atom stereocenters. The summed E-state index contributed by atoms with van der Waals surface area (Å²) in [5.41, 5.74) is 3.11. The lowest BCUT2D eigenvalue weighted by Crippen LogP contribution is -1.91. The van der Waals surface area contributed by atoms with E-state index in [4.69, 9.17) is 0 Å². The Morgan fingerprint density at radius 2 is 1.05 bits per heavy atom. The minimum absolute atomic E-state index is 0.0690. The SMILES string of the molecule is O=C1CCc2ccc(F)cc21.O=C1CCc2ccc(F)cc21. The maximum atomic E-state index is 12.6. The van der Waals surface area contributed by atoms with E-state index in [-0.39, 0.29) is 23.2 Å². The molecule has 4 heteroatoms. The molecule has 2 aliphatic carbocycles. The second-order valence-corrected chi connectivity index (χ2v) is 5.45. The minimum atomic E-state index is -0.320. The summed E-state index contributed by atoms with van der Waals surface area (Å²) in [5, 5.41) is 0. The monoisotopic (exact) mass is 300 g/mol. The second-order valence-electron chi connectivity index (χ2n) is 5.45. The normalized spacial score (nSPS) is 15.2. The molecule has 0 fully saturated rings. The number of carbonyl (C=O) groups is 2. The summed E-state index contributed by atoms with van der Waals surface area (Å²) in [5.74, 6) is -0.503. The predicted molar refractivity (Wildman–Crippen MR) is 78.1 cm³/mol. The highest BCUT2D eigenvalue weighted by Crippen LogP contribution is 2.22. The first-order valence-corrected chi connectivity index (χ1v) is 7.18. The predicted octanol–water partition coefficient (Wildman–Crippen LogP) is 3.91. The van der Waals surface area contributed by atoms with Crippen molar-refractivity contribution in [3.63, 3.8) is 0 Å². The van der Waals surface area contributed by atoms with E-state index in [2.05, 4.69) is 0 Å². The number of ketones is 2. The van der Waals surface area contributed by atoms with Gasteiger partial charge in [0.25, 0.3) is 0 Å². The van der Waals surface area contributed by atoms with E-state index >= 15 is 0 Å².